The minimum atomic E-state index is -0.323. The quantitative estimate of drug-likeness (QED) is 0.784. The highest BCUT2D eigenvalue weighted by Gasteiger charge is 2.52. The maximum atomic E-state index is 6.21. The molecule has 2 heterocycles. The maximum Gasteiger partial charge on any atom is 0.495 e. The predicted molar refractivity (Wildman–Crippen MR) is 87.2 cm³/mol. The normalized spacial score (nSPS) is 27.7. The molecule has 0 amide bonds. The van der Waals surface area contributed by atoms with Crippen LogP contribution in [0.2, 0.25) is 5.02 Å². The van der Waals surface area contributed by atoms with E-state index >= 15 is 0 Å². The molecule has 2 aliphatic heterocycles. The standard InChI is InChI=1S/C16H23BClNO2/c1-15(2)16(3,4)21-17(20-15)13-7-6-11(18)10-12(13)14-8-9-19(14)5/h6-7,10,14H,8-9H2,1-5H3. The molecule has 0 saturated carbocycles. The van der Waals surface area contributed by atoms with Gasteiger partial charge in [-0.15, -0.1) is 0 Å². The van der Waals surface area contributed by atoms with Crippen molar-refractivity contribution in [1.82, 2.24) is 4.90 Å². The Kier molecular flexibility index (Phi) is 3.65. The van der Waals surface area contributed by atoms with E-state index in [-0.39, 0.29) is 18.3 Å². The second kappa shape index (κ2) is 4.99. The van der Waals surface area contributed by atoms with Crippen molar-refractivity contribution >= 4 is 24.2 Å². The van der Waals surface area contributed by atoms with E-state index in [0.29, 0.717) is 6.04 Å². The molecule has 2 fully saturated rings. The molecule has 0 aromatic heterocycles. The van der Waals surface area contributed by atoms with Gasteiger partial charge in [-0.1, -0.05) is 17.7 Å². The Hall–Kier alpha value is -0.545. The van der Waals surface area contributed by atoms with Crippen LogP contribution in [-0.2, 0) is 9.31 Å². The minimum Gasteiger partial charge on any atom is -0.399 e. The Morgan fingerprint density at radius 1 is 1.19 bits per heavy atom. The molecule has 0 spiro atoms. The molecule has 1 unspecified atom stereocenters. The molecule has 21 heavy (non-hydrogen) atoms. The molecule has 0 aliphatic carbocycles. The van der Waals surface area contributed by atoms with Gasteiger partial charge in [0.25, 0.3) is 0 Å². The van der Waals surface area contributed by atoms with E-state index in [2.05, 4.69) is 45.7 Å². The van der Waals surface area contributed by atoms with Crippen LogP contribution in [0.1, 0.15) is 45.7 Å². The van der Waals surface area contributed by atoms with Crippen LogP contribution in [0.5, 0.6) is 0 Å². The molecule has 2 aliphatic rings. The predicted octanol–water partition coefficient (Wildman–Crippen LogP) is 3.02. The van der Waals surface area contributed by atoms with Gasteiger partial charge in [0, 0.05) is 17.6 Å². The third-order valence-electron chi connectivity index (χ3n) is 5.20. The summed E-state index contributed by atoms with van der Waals surface area (Å²) in [4.78, 5) is 2.33. The van der Waals surface area contributed by atoms with Crippen molar-refractivity contribution in [2.24, 2.45) is 0 Å². The SMILES string of the molecule is CN1CCC1c1cc(Cl)ccc1B1OC(C)(C)C(C)(C)O1. The fraction of sp³-hybridized carbons (Fsp3) is 0.625. The second-order valence-electron chi connectivity index (χ2n) is 7.15. The third-order valence-corrected chi connectivity index (χ3v) is 5.44. The monoisotopic (exact) mass is 307 g/mol. The molecule has 5 heteroatoms. The van der Waals surface area contributed by atoms with Crippen LogP contribution in [0.15, 0.2) is 18.2 Å². The summed E-state index contributed by atoms with van der Waals surface area (Å²) in [5.74, 6) is 0. The molecule has 3 nitrogen and oxygen atoms in total. The summed E-state index contributed by atoms with van der Waals surface area (Å²) in [7, 11) is 1.82. The first-order valence-corrected chi connectivity index (χ1v) is 7.94. The second-order valence-corrected chi connectivity index (χ2v) is 7.58. The van der Waals surface area contributed by atoms with Crippen LogP contribution >= 0.6 is 11.6 Å². The van der Waals surface area contributed by atoms with Gasteiger partial charge in [-0.05, 0) is 64.3 Å². The van der Waals surface area contributed by atoms with Crippen LogP contribution in [0.4, 0.5) is 0 Å². The van der Waals surface area contributed by atoms with E-state index in [0.717, 1.165) is 23.5 Å². The zero-order chi connectivity index (χ0) is 15.4. The van der Waals surface area contributed by atoms with Crippen LogP contribution in [0.3, 0.4) is 0 Å². The summed E-state index contributed by atoms with van der Waals surface area (Å²) in [6.07, 6.45) is 1.16. The van der Waals surface area contributed by atoms with E-state index in [1.54, 1.807) is 0 Å². The minimum absolute atomic E-state index is 0.319. The molecule has 114 valence electrons. The van der Waals surface area contributed by atoms with E-state index < -0.39 is 0 Å². The topological polar surface area (TPSA) is 21.7 Å². The van der Waals surface area contributed by atoms with Crippen molar-refractivity contribution in [3.05, 3.63) is 28.8 Å². The summed E-state index contributed by atoms with van der Waals surface area (Å²) < 4.78 is 12.4. The van der Waals surface area contributed by atoms with Gasteiger partial charge in [0.05, 0.1) is 11.2 Å². The zero-order valence-corrected chi connectivity index (χ0v) is 14.2. The van der Waals surface area contributed by atoms with Crippen molar-refractivity contribution < 1.29 is 9.31 Å². The van der Waals surface area contributed by atoms with Gasteiger partial charge in [0.2, 0.25) is 0 Å². The Morgan fingerprint density at radius 3 is 2.29 bits per heavy atom. The number of nitrogens with zero attached hydrogens (tertiary/aromatic N) is 1. The van der Waals surface area contributed by atoms with Crippen LogP contribution in [0, 0.1) is 0 Å². The highest BCUT2D eigenvalue weighted by molar-refractivity contribution is 6.62. The van der Waals surface area contributed by atoms with E-state index in [9.17, 15) is 0 Å². The van der Waals surface area contributed by atoms with Crippen molar-refractivity contribution in [3.8, 4) is 0 Å². The lowest BCUT2D eigenvalue weighted by Gasteiger charge is -2.39. The fourth-order valence-corrected chi connectivity index (χ4v) is 3.11. The molecule has 0 radical (unpaired) electrons. The lowest BCUT2D eigenvalue weighted by atomic mass is 9.73. The molecule has 1 aromatic carbocycles. The van der Waals surface area contributed by atoms with Gasteiger partial charge in [-0.3, -0.25) is 4.90 Å². The first-order chi connectivity index (χ1) is 9.71. The lowest BCUT2D eigenvalue weighted by Crippen LogP contribution is -2.44. The fourth-order valence-electron chi connectivity index (χ4n) is 2.93. The molecule has 0 N–H and O–H groups in total. The Labute approximate surface area is 132 Å². The largest absolute Gasteiger partial charge is 0.495 e. The Bertz CT molecular complexity index is 545. The van der Waals surface area contributed by atoms with Gasteiger partial charge in [0.15, 0.2) is 0 Å². The Morgan fingerprint density at radius 2 is 1.81 bits per heavy atom. The summed E-state index contributed by atoms with van der Waals surface area (Å²) in [6, 6.07) is 6.44. The highest BCUT2D eigenvalue weighted by Crippen LogP contribution is 2.38. The number of likely N-dealkylation sites (tertiary alicyclic amines) is 1. The van der Waals surface area contributed by atoms with Crippen molar-refractivity contribution in [2.75, 3.05) is 13.6 Å². The van der Waals surface area contributed by atoms with Crippen molar-refractivity contribution in [1.29, 1.82) is 0 Å². The molecule has 2 saturated heterocycles. The maximum absolute atomic E-state index is 6.21. The number of hydrogen-bond donors (Lipinski definition) is 0. The van der Waals surface area contributed by atoms with Gasteiger partial charge >= 0.3 is 7.12 Å². The summed E-state index contributed by atoms with van der Waals surface area (Å²) >= 11 is 6.21. The number of benzene rings is 1. The van der Waals surface area contributed by atoms with Gasteiger partial charge in [-0.2, -0.15) is 0 Å². The number of hydrogen-bond acceptors (Lipinski definition) is 3. The average molecular weight is 308 g/mol. The summed E-state index contributed by atoms with van der Waals surface area (Å²) in [5, 5.41) is 0.769. The van der Waals surface area contributed by atoms with Gasteiger partial charge < -0.3 is 9.31 Å². The highest BCUT2D eigenvalue weighted by atomic mass is 35.5. The molecule has 0 bridgehead atoms. The molecule has 1 aromatic rings. The first kappa shape index (κ1) is 15.4. The molecule has 3 rings (SSSR count). The molecular formula is C16H23BClNO2. The Balaban J connectivity index is 1.96. The van der Waals surface area contributed by atoms with E-state index in [1.165, 1.54) is 5.56 Å². The summed E-state index contributed by atoms with van der Waals surface area (Å²) in [5.41, 5.74) is 1.70. The van der Waals surface area contributed by atoms with Crippen LogP contribution in [0.25, 0.3) is 0 Å². The van der Waals surface area contributed by atoms with Crippen molar-refractivity contribution in [2.45, 2.75) is 51.4 Å². The van der Waals surface area contributed by atoms with E-state index in [4.69, 9.17) is 20.9 Å². The van der Waals surface area contributed by atoms with Crippen LogP contribution < -0.4 is 5.46 Å². The third kappa shape index (κ3) is 2.52. The number of rotatable bonds is 2. The molecule has 1 atom stereocenters. The lowest BCUT2D eigenvalue weighted by molar-refractivity contribution is 0.00578. The van der Waals surface area contributed by atoms with Gasteiger partial charge in [0.1, 0.15) is 0 Å². The smallest absolute Gasteiger partial charge is 0.399 e. The molecular weight excluding hydrogens is 284 g/mol. The van der Waals surface area contributed by atoms with Gasteiger partial charge in [-0.25, -0.2) is 0 Å². The zero-order valence-electron chi connectivity index (χ0n) is 13.4. The van der Waals surface area contributed by atoms with Crippen molar-refractivity contribution in [3.63, 3.8) is 0 Å². The summed E-state index contributed by atoms with van der Waals surface area (Å²) in [6.45, 7) is 9.45. The van der Waals surface area contributed by atoms with Crippen LogP contribution in [-0.4, -0.2) is 36.8 Å². The first-order valence-electron chi connectivity index (χ1n) is 7.56. The average Bonchev–Trinajstić information content (AvgIpc) is 2.56. The number of halogens is 1. The van der Waals surface area contributed by atoms with E-state index in [1.807, 2.05) is 12.1 Å².